The van der Waals surface area contributed by atoms with Crippen molar-refractivity contribution in [1.29, 1.82) is 0 Å². The predicted octanol–water partition coefficient (Wildman–Crippen LogP) is 1.58. The van der Waals surface area contributed by atoms with Gasteiger partial charge in [-0.15, -0.1) is 12.4 Å². The Morgan fingerprint density at radius 2 is 2.05 bits per heavy atom. The van der Waals surface area contributed by atoms with Crippen LogP contribution in [0.5, 0.6) is 0 Å². The summed E-state index contributed by atoms with van der Waals surface area (Å²) in [6, 6.07) is 8.52. The summed E-state index contributed by atoms with van der Waals surface area (Å²) >= 11 is 0. The summed E-state index contributed by atoms with van der Waals surface area (Å²) in [5.41, 5.74) is 0.906. The fourth-order valence-electron chi connectivity index (χ4n) is 2.35. The van der Waals surface area contributed by atoms with Crippen LogP contribution in [0, 0.1) is 0 Å². The van der Waals surface area contributed by atoms with E-state index in [9.17, 15) is 9.59 Å². The molecule has 0 radical (unpaired) electrons. The van der Waals surface area contributed by atoms with Crippen LogP contribution in [-0.2, 0) is 16.0 Å². The standard InChI is InChI=1S/C15H20N2O4.ClH/c18-14(16-10-12-7-4-8-21-12)13(17-15(19)20)9-11-5-2-1-3-6-11;/h1-3,5-6,12-13,17H,4,7-10H2,(H,16,18)(H,19,20);1H/t12-,13+;/m1./s1. The summed E-state index contributed by atoms with van der Waals surface area (Å²) < 4.78 is 5.43. The van der Waals surface area contributed by atoms with Gasteiger partial charge in [-0.25, -0.2) is 4.79 Å². The van der Waals surface area contributed by atoms with E-state index in [1.165, 1.54) is 0 Å². The lowest BCUT2D eigenvalue weighted by molar-refractivity contribution is -0.123. The molecule has 7 heteroatoms. The van der Waals surface area contributed by atoms with Gasteiger partial charge in [-0.05, 0) is 18.4 Å². The lowest BCUT2D eigenvalue weighted by atomic mass is 10.1. The highest BCUT2D eigenvalue weighted by Gasteiger charge is 2.23. The van der Waals surface area contributed by atoms with E-state index in [0.29, 0.717) is 13.0 Å². The zero-order valence-electron chi connectivity index (χ0n) is 12.2. The molecule has 0 aromatic heterocycles. The first-order valence-corrected chi connectivity index (χ1v) is 7.08. The minimum atomic E-state index is -1.21. The summed E-state index contributed by atoms with van der Waals surface area (Å²) in [6.07, 6.45) is 1.08. The zero-order valence-corrected chi connectivity index (χ0v) is 13.0. The third-order valence-electron chi connectivity index (χ3n) is 3.42. The van der Waals surface area contributed by atoms with Gasteiger partial charge in [-0.3, -0.25) is 4.79 Å². The number of carbonyl (C=O) groups is 2. The quantitative estimate of drug-likeness (QED) is 0.740. The maximum Gasteiger partial charge on any atom is 0.405 e. The maximum absolute atomic E-state index is 12.1. The summed E-state index contributed by atoms with van der Waals surface area (Å²) in [7, 11) is 0. The molecule has 0 spiro atoms. The molecular formula is C15H21ClN2O4. The summed E-state index contributed by atoms with van der Waals surface area (Å²) in [5, 5.41) is 13.9. The Balaban J connectivity index is 0.00000242. The van der Waals surface area contributed by atoms with Crippen molar-refractivity contribution in [2.45, 2.75) is 31.4 Å². The van der Waals surface area contributed by atoms with Crippen molar-refractivity contribution >= 4 is 24.4 Å². The van der Waals surface area contributed by atoms with E-state index in [1.807, 2.05) is 30.3 Å². The van der Waals surface area contributed by atoms with Crippen LogP contribution in [-0.4, -0.2) is 42.4 Å². The Labute approximate surface area is 135 Å². The second-order valence-electron chi connectivity index (χ2n) is 5.07. The second-order valence-corrected chi connectivity index (χ2v) is 5.07. The van der Waals surface area contributed by atoms with Crippen LogP contribution >= 0.6 is 12.4 Å². The Bertz CT molecular complexity index is 478. The van der Waals surface area contributed by atoms with Crippen LogP contribution in [0.4, 0.5) is 4.79 Å². The Hall–Kier alpha value is -1.79. The van der Waals surface area contributed by atoms with Gasteiger partial charge in [0.2, 0.25) is 5.91 Å². The lowest BCUT2D eigenvalue weighted by Crippen LogP contribution is -2.49. The molecule has 2 amide bonds. The van der Waals surface area contributed by atoms with E-state index in [2.05, 4.69) is 10.6 Å². The van der Waals surface area contributed by atoms with Crippen molar-refractivity contribution in [2.24, 2.45) is 0 Å². The van der Waals surface area contributed by atoms with Gasteiger partial charge >= 0.3 is 6.09 Å². The molecule has 1 aromatic rings. The molecule has 1 heterocycles. The lowest BCUT2D eigenvalue weighted by Gasteiger charge is -2.18. The largest absolute Gasteiger partial charge is 0.465 e. The Morgan fingerprint density at radius 1 is 1.32 bits per heavy atom. The minimum Gasteiger partial charge on any atom is -0.465 e. The molecule has 1 aliphatic heterocycles. The fraction of sp³-hybridized carbons (Fsp3) is 0.467. The Morgan fingerprint density at radius 3 is 2.64 bits per heavy atom. The number of hydrogen-bond donors (Lipinski definition) is 3. The molecule has 1 fully saturated rings. The number of rotatable bonds is 6. The second kappa shape index (κ2) is 9.27. The Kier molecular flexibility index (Phi) is 7.70. The highest BCUT2D eigenvalue weighted by molar-refractivity contribution is 5.85. The molecular weight excluding hydrogens is 308 g/mol. The zero-order chi connectivity index (χ0) is 15.1. The molecule has 22 heavy (non-hydrogen) atoms. The van der Waals surface area contributed by atoms with E-state index < -0.39 is 12.1 Å². The molecule has 3 N–H and O–H groups in total. The third kappa shape index (κ3) is 5.91. The summed E-state index contributed by atoms with van der Waals surface area (Å²) in [6.45, 7) is 1.15. The average Bonchev–Trinajstić information content (AvgIpc) is 2.98. The molecule has 6 nitrogen and oxygen atoms in total. The maximum atomic E-state index is 12.1. The van der Waals surface area contributed by atoms with Crippen LogP contribution in [0.15, 0.2) is 30.3 Å². The molecule has 1 aliphatic rings. The third-order valence-corrected chi connectivity index (χ3v) is 3.42. The van der Waals surface area contributed by atoms with Crippen LogP contribution in [0.25, 0.3) is 0 Å². The van der Waals surface area contributed by atoms with Gasteiger partial charge in [0.05, 0.1) is 6.10 Å². The van der Waals surface area contributed by atoms with E-state index in [0.717, 1.165) is 25.0 Å². The molecule has 1 saturated heterocycles. The number of hydrogen-bond acceptors (Lipinski definition) is 3. The number of nitrogens with one attached hydrogen (secondary N) is 2. The average molecular weight is 329 g/mol. The minimum absolute atomic E-state index is 0. The van der Waals surface area contributed by atoms with Gasteiger partial charge in [-0.1, -0.05) is 30.3 Å². The molecule has 122 valence electrons. The van der Waals surface area contributed by atoms with Gasteiger partial charge in [0, 0.05) is 19.6 Å². The van der Waals surface area contributed by atoms with Gasteiger partial charge in [0.25, 0.3) is 0 Å². The van der Waals surface area contributed by atoms with E-state index in [1.54, 1.807) is 0 Å². The van der Waals surface area contributed by atoms with E-state index >= 15 is 0 Å². The number of benzene rings is 1. The molecule has 1 aromatic carbocycles. The molecule has 0 saturated carbocycles. The number of halogens is 1. The highest BCUT2D eigenvalue weighted by Crippen LogP contribution is 2.11. The van der Waals surface area contributed by atoms with Crippen molar-refractivity contribution in [1.82, 2.24) is 10.6 Å². The van der Waals surface area contributed by atoms with Gasteiger partial charge in [0.15, 0.2) is 0 Å². The summed E-state index contributed by atoms with van der Waals surface area (Å²) in [4.78, 5) is 23.0. The molecule has 2 atom stereocenters. The van der Waals surface area contributed by atoms with Crippen LogP contribution in [0.3, 0.4) is 0 Å². The number of amides is 2. The van der Waals surface area contributed by atoms with Crippen molar-refractivity contribution in [2.75, 3.05) is 13.2 Å². The van der Waals surface area contributed by atoms with Gasteiger partial charge in [-0.2, -0.15) is 0 Å². The number of ether oxygens (including phenoxy) is 1. The van der Waals surface area contributed by atoms with Crippen molar-refractivity contribution in [3.63, 3.8) is 0 Å². The SMILES string of the molecule is Cl.O=C(O)N[C@@H](Cc1ccccc1)C(=O)NC[C@H]1CCCO1. The normalized spacial score (nSPS) is 18.1. The highest BCUT2D eigenvalue weighted by atomic mass is 35.5. The van der Waals surface area contributed by atoms with Crippen LogP contribution in [0.2, 0.25) is 0 Å². The first-order valence-electron chi connectivity index (χ1n) is 7.08. The molecule has 0 unspecified atom stereocenters. The van der Waals surface area contributed by atoms with Crippen LogP contribution in [0.1, 0.15) is 18.4 Å². The first-order chi connectivity index (χ1) is 10.1. The fourth-order valence-corrected chi connectivity index (χ4v) is 2.35. The molecule has 0 bridgehead atoms. The van der Waals surface area contributed by atoms with Gasteiger partial charge < -0.3 is 20.5 Å². The first kappa shape index (κ1) is 18.3. The smallest absolute Gasteiger partial charge is 0.405 e. The predicted molar refractivity (Wildman–Crippen MR) is 84.3 cm³/mol. The molecule has 0 aliphatic carbocycles. The summed E-state index contributed by atoms with van der Waals surface area (Å²) in [5.74, 6) is -0.322. The van der Waals surface area contributed by atoms with Crippen molar-refractivity contribution < 1.29 is 19.4 Å². The number of carboxylic acid groups (broad SMARTS) is 1. The van der Waals surface area contributed by atoms with Gasteiger partial charge in [0.1, 0.15) is 6.04 Å². The number of carbonyl (C=O) groups excluding carboxylic acids is 1. The van der Waals surface area contributed by atoms with Crippen LogP contribution < -0.4 is 10.6 Å². The monoisotopic (exact) mass is 328 g/mol. The molecule has 2 rings (SSSR count). The van der Waals surface area contributed by atoms with E-state index in [-0.39, 0.29) is 24.4 Å². The van der Waals surface area contributed by atoms with Crippen molar-refractivity contribution in [3.05, 3.63) is 35.9 Å². The topological polar surface area (TPSA) is 87.7 Å². The van der Waals surface area contributed by atoms with Crippen molar-refractivity contribution in [3.8, 4) is 0 Å². The van der Waals surface area contributed by atoms with E-state index in [4.69, 9.17) is 9.84 Å².